The summed E-state index contributed by atoms with van der Waals surface area (Å²) in [7, 11) is 0. The Labute approximate surface area is 57.0 Å². The molecule has 1 aliphatic rings. The Bertz CT molecular complexity index is 137. The van der Waals surface area contributed by atoms with E-state index in [4.69, 9.17) is 6.42 Å². The lowest BCUT2D eigenvalue weighted by Gasteiger charge is -2.11. The van der Waals surface area contributed by atoms with Crippen molar-refractivity contribution in [3.8, 4) is 12.3 Å². The average molecular weight is 119 g/mol. The van der Waals surface area contributed by atoms with Gasteiger partial charge in [-0.3, -0.25) is 0 Å². The molecule has 1 radical (unpaired) electrons. The summed E-state index contributed by atoms with van der Waals surface area (Å²) >= 11 is 0. The first-order chi connectivity index (χ1) is 4.43. The molecule has 0 aromatic heterocycles. The minimum absolute atomic E-state index is 0.653. The third-order valence-electron chi connectivity index (χ3n) is 1.60. The van der Waals surface area contributed by atoms with Crippen LogP contribution in [0.15, 0.2) is 12.2 Å². The minimum Gasteiger partial charge on any atom is -0.120 e. The van der Waals surface area contributed by atoms with Crippen LogP contribution in [0.25, 0.3) is 0 Å². The zero-order valence-electron chi connectivity index (χ0n) is 5.51. The molecule has 0 amide bonds. The standard InChI is InChI=1S/C9H11/c1-2-6-9-7-4-3-5-8-9/h1,3-4,7,9H,5-6,8H2. The topological polar surface area (TPSA) is 0 Å². The SMILES string of the molecule is C#CCC1C=C[CH]CC1. The van der Waals surface area contributed by atoms with Crippen molar-refractivity contribution in [2.75, 3.05) is 0 Å². The normalized spacial score (nSPS) is 25.4. The molecule has 9 heavy (non-hydrogen) atoms. The third kappa shape index (κ3) is 1.93. The van der Waals surface area contributed by atoms with Gasteiger partial charge in [0.15, 0.2) is 0 Å². The molecule has 0 heterocycles. The quantitative estimate of drug-likeness (QED) is 0.464. The fourth-order valence-electron chi connectivity index (χ4n) is 1.06. The van der Waals surface area contributed by atoms with Crippen LogP contribution >= 0.6 is 0 Å². The fourth-order valence-corrected chi connectivity index (χ4v) is 1.06. The van der Waals surface area contributed by atoms with Gasteiger partial charge in [-0.1, -0.05) is 12.2 Å². The van der Waals surface area contributed by atoms with Crippen molar-refractivity contribution < 1.29 is 0 Å². The summed E-state index contributed by atoms with van der Waals surface area (Å²) in [6.45, 7) is 0. The van der Waals surface area contributed by atoms with Crippen LogP contribution in [0.4, 0.5) is 0 Å². The zero-order valence-corrected chi connectivity index (χ0v) is 5.51. The van der Waals surface area contributed by atoms with E-state index in [1.165, 1.54) is 12.8 Å². The lowest BCUT2D eigenvalue weighted by molar-refractivity contribution is 0.590. The summed E-state index contributed by atoms with van der Waals surface area (Å²) in [5.74, 6) is 3.33. The molecule has 47 valence electrons. The lowest BCUT2D eigenvalue weighted by Crippen LogP contribution is -1.98. The molecule has 0 heteroatoms. The Morgan fingerprint density at radius 1 is 1.67 bits per heavy atom. The van der Waals surface area contributed by atoms with Gasteiger partial charge < -0.3 is 0 Å². The Hall–Kier alpha value is -0.700. The van der Waals surface area contributed by atoms with E-state index in [0.717, 1.165) is 6.42 Å². The van der Waals surface area contributed by atoms with Crippen LogP contribution in [-0.2, 0) is 0 Å². The van der Waals surface area contributed by atoms with Crippen molar-refractivity contribution in [3.63, 3.8) is 0 Å². The van der Waals surface area contributed by atoms with Gasteiger partial charge in [0.25, 0.3) is 0 Å². The van der Waals surface area contributed by atoms with Gasteiger partial charge in [0.05, 0.1) is 0 Å². The predicted octanol–water partition coefficient (Wildman–Crippen LogP) is 2.18. The van der Waals surface area contributed by atoms with Crippen LogP contribution in [0, 0.1) is 24.7 Å². The van der Waals surface area contributed by atoms with Crippen molar-refractivity contribution in [2.45, 2.75) is 19.3 Å². The van der Waals surface area contributed by atoms with Crippen LogP contribution in [0.5, 0.6) is 0 Å². The van der Waals surface area contributed by atoms with Gasteiger partial charge in [-0.05, 0) is 25.2 Å². The molecule has 0 aliphatic heterocycles. The second kappa shape index (κ2) is 3.35. The van der Waals surface area contributed by atoms with E-state index in [-0.39, 0.29) is 0 Å². The van der Waals surface area contributed by atoms with Crippen molar-refractivity contribution in [3.05, 3.63) is 18.6 Å². The molecule has 0 bridgehead atoms. The lowest BCUT2D eigenvalue weighted by atomic mass is 9.94. The van der Waals surface area contributed by atoms with E-state index in [1.807, 2.05) is 0 Å². The Kier molecular flexibility index (Phi) is 2.39. The maximum absolute atomic E-state index is 5.17. The summed E-state index contributed by atoms with van der Waals surface area (Å²) in [5, 5.41) is 0. The van der Waals surface area contributed by atoms with E-state index >= 15 is 0 Å². The molecule has 0 aromatic rings. The van der Waals surface area contributed by atoms with Crippen molar-refractivity contribution in [1.82, 2.24) is 0 Å². The first kappa shape index (κ1) is 6.42. The summed E-state index contributed by atoms with van der Waals surface area (Å²) in [6, 6.07) is 0. The molecule has 0 saturated carbocycles. The maximum Gasteiger partial charge on any atom is 0.0149 e. The van der Waals surface area contributed by atoms with Gasteiger partial charge in [0, 0.05) is 6.42 Å². The van der Waals surface area contributed by atoms with Gasteiger partial charge in [0.2, 0.25) is 0 Å². The molecule has 1 atom stereocenters. The first-order valence-electron chi connectivity index (χ1n) is 3.37. The van der Waals surface area contributed by atoms with E-state index in [0.29, 0.717) is 5.92 Å². The molecule has 1 unspecified atom stereocenters. The van der Waals surface area contributed by atoms with Crippen LogP contribution in [0.1, 0.15) is 19.3 Å². The second-order valence-corrected chi connectivity index (χ2v) is 2.37. The Balaban J connectivity index is 2.33. The van der Waals surface area contributed by atoms with Gasteiger partial charge in [-0.2, -0.15) is 0 Å². The molecule has 0 nitrogen and oxygen atoms in total. The van der Waals surface area contributed by atoms with Crippen molar-refractivity contribution in [2.24, 2.45) is 5.92 Å². The largest absolute Gasteiger partial charge is 0.120 e. The molecule has 0 saturated heterocycles. The smallest absolute Gasteiger partial charge is 0.0149 e. The predicted molar refractivity (Wildman–Crippen MR) is 39.6 cm³/mol. The highest BCUT2D eigenvalue weighted by Gasteiger charge is 2.05. The van der Waals surface area contributed by atoms with Crippen molar-refractivity contribution in [1.29, 1.82) is 0 Å². The Morgan fingerprint density at radius 3 is 3.11 bits per heavy atom. The van der Waals surface area contributed by atoms with Crippen LogP contribution < -0.4 is 0 Å². The number of terminal acetylenes is 1. The summed E-state index contributed by atoms with van der Waals surface area (Å²) in [4.78, 5) is 0. The molecule has 0 N–H and O–H groups in total. The fraction of sp³-hybridized carbons (Fsp3) is 0.444. The van der Waals surface area contributed by atoms with E-state index in [2.05, 4.69) is 24.5 Å². The summed E-state index contributed by atoms with van der Waals surface area (Å²) < 4.78 is 0. The molecule has 0 aromatic carbocycles. The van der Waals surface area contributed by atoms with Gasteiger partial charge in [0.1, 0.15) is 0 Å². The number of hydrogen-bond acceptors (Lipinski definition) is 0. The van der Waals surface area contributed by atoms with Crippen molar-refractivity contribution >= 4 is 0 Å². The zero-order chi connectivity index (χ0) is 6.53. The maximum atomic E-state index is 5.17. The highest BCUT2D eigenvalue weighted by molar-refractivity contribution is 5.05. The van der Waals surface area contributed by atoms with Crippen LogP contribution in [0.2, 0.25) is 0 Å². The highest BCUT2D eigenvalue weighted by atomic mass is 14.1. The highest BCUT2D eigenvalue weighted by Crippen LogP contribution is 2.18. The molecule has 0 fully saturated rings. The minimum atomic E-state index is 0.653. The van der Waals surface area contributed by atoms with Crippen LogP contribution in [0.3, 0.4) is 0 Å². The second-order valence-electron chi connectivity index (χ2n) is 2.37. The molecule has 1 aliphatic carbocycles. The van der Waals surface area contributed by atoms with E-state index in [9.17, 15) is 0 Å². The first-order valence-corrected chi connectivity index (χ1v) is 3.37. The molecular formula is C9H11. The van der Waals surface area contributed by atoms with E-state index < -0.39 is 0 Å². The summed E-state index contributed by atoms with van der Waals surface area (Å²) in [5.41, 5.74) is 0. The summed E-state index contributed by atoms with van der Waals surface area (Å²) in [6.07, 6.45) is 15.0. The van der Waals surface area contributed by atoms with Gasteiger partial charge >= 0.3 is 0 Å². The number of rotatable bonds is 1. The van der Waals surface area contributed by atoms with Gasteiger partial charge in [-0.25, -0.2) is 0 Å². The van der Waals surface area contributed by atoms with E-state index in [1.54, 1.807) is 0 Å². The van der Waals surface area contributed by atoms with Gasteiger partial charge in [-0.15, -0.1) is 12.3 Å². The molecule has 0 spiro atoms. The van der Waals surface area contributed by atoms with Crippen LogP contribution in [-0.4, -0.2) is 0 Å². The monoisotopic (exact) mass is 119 g/mol. The number of allylic oxidation sites excluding steroid dienone is 2. The molecule has 1 rings (SSSR count). The Morgan fingerprint density at radius 2 is 2.56 bits per heavy atom. The number of hydrogen-bond donors (Lipinski definition) is 0. The average Bonchev–Trinajstić information content (AvgIpc) is 1.91. The third-order valence-corrected chi connectivity index (χ3v) is 1.60. The molecular weight excluding hydrogens is 108 g/mol.